The van der Waals surface area contributed by atoms with Crippen molar-refractivity contribution in [2.45, 2.75) is 70.3 Å². The van der Waals surface area contributed by atoms with Gasteiger partial charge in [0, 0.05) is 6.61 Å². The van der Waals surface area contributed by atoms with Gasteiger partial charge in [-0.2, -0.15) is 0 Å². The zero-order chi connectivity index (χ0) is 13.2. The van der Waals surface area contributed by atoms with Crippen LogP contribution in [0.2, 0.25) is 0 Å². The summed E-state index contributed by atoms with van der Waals surface area (Å²) >= 11 is 3.10. The minimum Gasteiger partial charge on any atom is -0.378 e. The van der Waals surface area contributed by atoms with E-state index in [9.17, 15) is 0 Å². The van der Waals surface area contributed by atoms with Crippen molar-refractivity contribution >= 4 is 17.9 Å². The van der Waals surface area contributed by atoms with Crippen molar-refractivity contribution in [2.24, 2.45) is 11.7 Å². The minimum atomic E-state index is -0.639. The van der Waals surface area contributed by atoms with E-state index < -0.39 is 5.24 Å². The Labute approximate surface area is 116 Å². The number of hydrogen-bond donors (Lipinski definition) is 2. The summed E-state index contributed by atoms with van der Waals surface area (Å²) in [6, 6.07) is 0. The summed E-state index contributed by atoms with van der Waals surface area (Å²) in [5.74, 6) is 0.899. The Morgan fingerprint density at radius 2 is 1.44 bits per heavy atom. The molecule has 1 amide bonds. The van der Waals surface area contributed by atoms with Crippen molar-refractivity contribution in [2.75, 3.05) is 6.61 Å². The number of amides is 1. The largest absolute Gasteiger partial charge is 0.378 e. The van der Waals surface area contributed by atoms with Crippen molar-refractivity contribution in [1.82, 2.24) is 0 Å². The van der Waals surface area contributed by atoms with Crippen LogP contribution in [0, 0.1) is 5.92 Å². The Bertz CT molecular complexity index is 198. The van der Waals surface area contributed by atoms with Gasteiger partial charge >= 0.3 is 0 Å². The molecule has 2 aliphatic rings. The van der Waals surface area contributed by atoms with Gasteiger partial charge in [0.15, 0.2) is 0 Å². The normalized spacial score (nSPS) is 26.4. The smallest absolute Gasteiger partial charge is 0.273 e. The Kier molecular flexibility index (Phi) is 8.51. The predicted molar refractivity (Wildman–Crippen MR) is 78.0 cm³/mol. The molecule has 1 aliphatic carbocycles. The van der Waals surface area contributed by atoms with Gasteiger partial charge in [0.25, 0.3) is 5.24 Å². The third-order valence-electron chi connectivity index (χ3n) is 3.89. The van der Waals surface area contributed by atoms with Crippen molar-refractivity contribution in [1.29, 1.82) is 0 Å². The average molecular weight is 273 g/mol. The van der Waals surface area contributed by atoms with Gasteiger partial charge in [-0.05, 0) is 31.6 Å². The summed E-state index contributed by atoms with van der Waals surface area (Å²) in [5, 5.41) is -0.639. The van der Waals surface area contributed by atoms with E-state index in [1.54, 1.807) is 0 Å². The van der Waals surface area contributed by atoms with Crippen LogP contribution in [0.1, 0.15) is 64.2 Å². The maximum Gasteiger partial charge on any atom is 0.273 e. The molecule has 1 unspecified atom stereocenters. The van der Waals surface area contributed by atoms with Gasteiger partial charge in [-0.25, -0.2) is 0 Å². The molecule has 2 fully saturated rings. The molecule has 1 atom stereocenters. The van der Waals surface area contributed by atoms with E-state index in [1.807, 2.05) is 0 Å². The maximum atomic E-state index is 9.09. The second-order valence-corrected chi connectivity index (χ2v) is 5.79. The lowest BCUT2D eigenvalue weighted by Gasteiger charge is -2.24. The number of carbonyl (C=O) groups excluding carboxylic acids is 1. The van der Waals surface area contributed by atoms with Gasteiger partial charge in [0.2, 0.25) is 0 Å². The fraction of sp³-hybridized carbons (Fsp3) is 0.929. The zero-order valence-electron chi connectivity index (χ0n) is 11.3. The monoisotopic (exact) mass is 273 g/mol. The standard InChI is InChI=1S/C13H24O.CH3NOS/c1-2-5-9-12(8-4-1)13-10-6-3-7-11-14-13;2-1(3)4/h12-13H,1-11H2;(H3,2,3,4). The fourth-order valence-electron chi connectivity index (χ4n) is 3.00. The van der Waals surface area contributed by atoms with E-state index in [0.29, 0.717) is 6.10 Å². The van der Waals surface area contributed by atoms with E-state index in [1.165, 1.54) is 64.2 Å². The minimum absolute atomic E-state index is 0.621. The van der Waals surface area contributed by atoms with Gasteiger partial charge < -0.3 is 10.5 Å². The Morgan fingerprint density at radius 1 is 0.944 bits per heavy atom. The number of primary amides is 1. The van der Waals surface area contributed by atoms with E-state index in [2.05, 4.69) is 18.4 Å². The van der Waals surface area contributed by atoms with Crippen molar-refractivity contribution in [3.8, 4) is 0 Å². The van der Waals surface area contributed by atoms with Gasteiger partial charge in [-0.15, -0.1) is 0 Å². The topological polar surface area (TPSA) is 52.3 Å². The first-order valence-electron chi connectivity index (χ1n) is 7.30. The summed E-state index contributed by atoms with van der Waals surface area (Å²) in [6.07, 6.45) is 14.7. The summed E-state index contributed by atoms with van der Waals surface area (Å²) < 4.78 is 6.00. The highest BCUT2D eigenvalue weighted by Crippen LogP contribution is 2.30. The Balaban J connectivity index is 0.000000357. The van der Waals surface area contributed by atoms with Crippen molar-refractivity contribution in [3.05, 3.63) is 0 Å². The molecule has 1 heterocycles. The molecule has 1 saturated carbocycles. The number of ether oxygens (including phenoxy) is 1. The number of rotatable bonds is 1. The van der Waals surface area contributed by atoms with Gasteiger partial charge in [-0.1, -0.05) is 51.2 Å². The number of nitrogens with two attached hydrogens (primary N) is 1. The average Bonchev–Trinajstić information content (AvgIpc) is 2.73. The molecule has 0 aromatic carbocycles. The molecule has 0 spiro atoms. The molecule has 1 aliphatic heterocycles. The number of carbonyl (C=O) groups is 1. The Hall–Kier alpha value is -0.220. The van der Waals surface area contributed by atoms with Crippen LogP contribution in [-0.4, -0.2) is 18.0 Å². The molecule has 2 N–H and O–H groups in total. The summed E-state index contributed by atoms with van der Waals surface area (Å²) in [6.45, 7) is 1.03. The molecule has 18 heavy (non-hydrogen) atoms. The summed E-state index contributed by atoms with van der Waals surface area (Å²) in [5.41, 5.74) is 4.34. The first-order chi connectivity index (χ1) is 8.70. The third kappa shape index (κ3) is 7.27. The molecule has 0 aromatic heterocycles. The first kappa shape index (κ1) is 15.8. The van der Waals surface area contributed by atoms with E-state index in [0.717, 1.165) is 12.5 Å². The maximum absolute atomic E-state index is 9.09. The second kappa shape index (κ2) is 9.68. The molecule has 106 valence electrons. The first-order valence-corrected chi connectivity index (χ1v) is 7.75. The van der Waals surface area contributed by atoms with E-state index in [4.69, 9.17) is 9.53 Å². The number of thiol groups is 1. The molecular formula is C14H27NO2S. The van der Waals surface area contributed by atoms with Gasteiger partial charge in [0.1, 0.15) is 0 Å². The molecule has 0 aromatic rings. The molecule has 1 saturated heterocycles. The second-order valence-electron chi connectivity index (χ2n) is 5.35. The molecule has 2 rings (SSSR count). The third-order valence-corrected chi connectivity index (χ3v) is 3.89. The van der Waals surface area contributed by atoms with Crippen LogP contribution in [-0.2, 0) is 4.74 Å². The van der Waals surface area contributed by atoms with Crippen LogP contribution in [0.4, 0.5) is 4.79 Å². The van der Waals surface area contributed by atoms with Crippen LogP contribution in [0.3, 0.4) is 0 Å². The lowest BCUT2D eigenvalue weighted by molar-refractivity contribution is 0.0116. The van der Waals surface area contributed by atoms with Crippen LogP contribution in [0.5, 0.6) is 0 Å². The van der Waals surface area contributed by atoms with Crippen molar-refractivity contribution < 1.29 is 9.53 Å². The van der Waals surface area contributed by atoms with Gasteiger partial charge in [-0.3, -0.25) is 4.79 Å². The van der Waals surface area contributed by atoms with Crippen molar-refractivity contribution in [3.63, 3.8) is 0 Å². The van der Waals surface area contributed by atoms with E-state index in [-0.39, 0.29) is 0 Å². The number of hydrogen-bond acceptors (Lipinski definition) is 2. The highest BCUT2D eigenvalue weighted by molar-refractivity contribution is 7.96. The van der Waals surface area contributed by atoms with Gasteiger partial charge in [0.05, 0.1) is 6.10 Å². The molecule has 0 radical (unpaired) electrons. The summed E-state index contributed by atoms with van der Waals surface area (Å²) in [7, 11) is 0. The molecule has 0 bridgehead atoms. The molecular weight excluding hydrogens is 246 g/mol. The van der Waals surface area contributed by atoms with Crippen LogP contribution >= 0.6 is 12.6 Å². The quantitative estimate of drug-likeness (QED) is 0.562. The lowest BCUT2D eigenvalue weighted by atomic mass is 9.91. The zero-order valence-corrected chi connectivity index (χ0v) is 12.2. The fourth-order valence-corrected chi connectivity index (χ4v) is 3.00. The lowest BCUT2D eigenvalue weighted by Crippen LogP contribution is -2.23. The highest BCUT2D eigenvalue weighted by Gasteiger charge is 2.24. The Morgan fingerprint density at radius 3 is 2.06 bits per heavy atom. The van der Waals surface area contributed by atoms with Crippen LogP contribution in [0.15, 0.2) is 0 Å². The predicted octanol–water partition coefficient (Wildman–Crippen LogP) is 3.91. The van der Waals surface area contributed by atoms with Crippen LogP contribution < -0.4 is 5.73 Å². The highest BCUT2D eigenvalue weighted by atomic mass is 32.1. The SMILES string of the molecule is C1CCCC(C2CCCCCO2)CC1.NC(=O)S. The molecule has 4 heteroatoms. The van der Waals surface area contributed by atoms with E-state index >= 15 is 0 Å². The molecule has 3 nitrogen and oxygen atoms in total. The summed E-state index contributed by atoms with van der Waals surface area (Å²) in [4.78, 5) is 9.09. The van der Waals surface area contributed by atoms with Crippen LogP contribution in [0.25, 0.3) is 0 Å².